The first-order chi connectivity index (χ1) is 8.59. The van der Waals surface area contributed by atoms with Gasteiger partial charge in [0.1, 0.15) is 4.99 Å². The molecule has 1 aliphatic heterocycles. The van der Waals surface area contributed by atoms with Crippen molar-refractivity contribution in [2.24, 2.45) is 5.73 Å². The van der Waals surface area contributed by atoms with Crippen molar-refractivity contribution in [2.45, 2.75) is 6.42 Å². The Morgan fingerprint density at radius 1 is 1.44 bits per heavy atom. The molecule has 1 amide bonds. The van der Waals surface area contributed by atoms with E-state index in [0.717, 1.165) is 22.3 Å². The van der Waals surface area contributed by atoms with Gasteiger partial charge in [0.05, 0.1) is 0 Å². The molecule has 4 nitrogen and oxygen atoms in total. The molecule has 1 aliphatic rings. The molecule has 0 saturated carbocycles. The summed E-state index contributed by atoms with van der Waals surface area (Å²) in [6, 6.07) is 5.84. The second kappa shape index (κ2) is 5.67. The number of hydrogen-bond donors (Lipinski definition) is 2. The molecule has 0 aromatic heterocycles. The zero-order valence-corrected chi connectivity index (χ0v) is 12.2. The molecule has 3 N–H and O–H groups in total. The van der Waals surface area contributed by atoms with Crippen molar-refractivity contribution in [1.82, 2.24) is 5.32 Å². The summed E-state index contributed by atoms with van der Waals surface area (Å²) in [5.74, 6) is 0.0874. The van der Waals surface area contributed by atoms with E-state index < -0.39 is 0 Å². The van der Waals surface area contributed by atoms with Gasteiger partial charge in [-0.2, -0.15) is 0 Å². The van der Waals surface area contributed by atoms with Crippen molar-refractivity contribution in [3.05, 3.63) is 28.2 Å². The molecular formula is C12H14BrN3OS. The highest BCUT2D eigenvalue weighted by atomic mass is 79.9. The molecule has 2 rings (SSSR count). The largest absolute Gasteiger partial charge is 0.389 e. The molecule has 1 aromatic rings. The topological polar surface area (TPSA) is 58.4 Å². The lowest BCUT2D eigenvalue weighted by Crippen LogP contribution is -2.30. The van der Waals surface area contributed by atoms with Crippen LogP contribution in [0.1, 0.15) is 12.0 Å². The number of halogens is 1. The maximum Gasteiger partial charge on any atom is 0.221 e. The lowest BCUT2D eigenvalue weighted by molar-refractivity contribution is -0.120. The highest BCUT2D eigenvalue weighted by Crippen LogP contribution is 2.28. The molecule has 0 aliphatic carbocycles. The average molecular weight is 328 g/mol. The number of benzene rings is 1. The molecule has 1 aromatic carbocycles. The Hall–Kier alpha value is -1.14. The van der Waals surface area contributed by atoms with Crippen molar-refractivity contribution in [2.75, 3.05) is 24.5 Å². The van der Waals surface area contributed by atoms with Gasteiger partial charge < -0.3 is 16.0 Å². The average Bonchev–Trinajstić information content (AvgIpc) is 2.53. The minimum absolute atomic E-state index is 0.0874. The zero-order valence-electron chi connectivity index (χ0n) is 9.78. The molecule has 6 heteroatoms. The maximum absolute atomic E-state index is 11.3. The van der Waals surface area contributed by atoms with Gasteiger partial charge in [0.25, 0.3) is 0 Å². The van der Waals surface area contributed by atoms with Crippen LogP contribution >= 0.6 is 28.1 Å². The third kappa shape index (κ3) is 2.81. The number of anilines is 1. The molecule has 0 radical (unpaired) electrons. The Morgan fingerprint density at radius 3 is 2.94 bits per heavy atom. The quantitative estimate of drug-likeness (QED) is 0.806. The van der Waals surface area contributed by atoms with Gasteiger partial charge in [0, 0.05) is 41.8 Å². The van der Waals surface area contributed by atoms with Crippen LogP contribution in [0.4, 0.5) is 5.69 Å². The van der Waals surface area contributed by atoms with Crippen molar-refractivity contribution < 1.29 is 4.79 Å². The molecular weight excluding hydrogens is 314 g/mol. The SMILES string of the molecule is NC(=S)c1c(Br)cccc1N1CCNC(=O)CC1. The number of nitrogens with one attached hydrogen (secondary N) is 1. The summed E-state index contributed by atoms with van der Waals surface area (Å²) in [5, 5.41) is 2.85. The number of nitrogens with zero attached hydrogens (tertiary/aromatic N) is 1. The first kappa shape index (κ1) is 13.3. The van der Waals surface area contributed by atoms with Gasteiger partial charge in [0.2, 0.25) is 5.91 Å². The van der Waals surface area contributed by atoms with Gasteiger partial charge >= 0.3 is 0 Å². The van der Waals surface area contributed by atoms with Crippen LogP contribution in [0.15, 0.2) is 22.7 Å². The fraction of sp³-hybridized carbons (Fsp3) is 0.333. The van der Waals surface area contributed by atoms with Crippen LogP contribution in [0.3, 0.4) is 0 Å². The van der Waals surface area contributed by atoms with Crippen LogP contribution in [0.2, 0.25) is 0 Å². The highest BCUT2D eigenvalue weighted by molar-refractivity contribution is 9.10. The Bertz CT molecular complexity index is 492. The van der Waals surface area contributed by atoms with Crippen molar-refractivity contribution in [1.29, 1.82) is 0 Å². The Labute approximate surface area is 120 Å². The summed E-state index contributed by atoms with van der Waals surface area (Å²) in [6.45, 7) is 2.08. The summed E-state index contributed by atoms with van der Waals surface area (Å²) >= 11 is 8.57. The van der Waals surface area contributed by atoms with E-state index in [9.17, 15) is 4.79 Å². The Kier molecular flexibility index (Phi) is 4.19. The third-order valence-corrected chi connectivity index (χ3v) is 3.76. The lowest BCUT2D eigenvalue weighted by atomic mass is 10.1. The normalized spacial score (nSPS) is 16.1. The second-order valence-electron chi connectivity index (χ2n) is 4.09. The van der Waals surface area contributed by atoms with E-state index in [1.165, 1.54) is 0 Å². The van der Waals surface area contributed by atoms with Crippen molar-refractivity contribution >= 4 is 44.7 Å². The lowest BCUT2D eigenvalue weighted by Gasteiger charge is -2.25. The monoisotopic (exact) mass is 327 g/mol. The van der Waals surface area contributed by atoms with E-state index in [2.05, 4.69) is 26.1 Å². The third-order valence-electron chi connectivity index (χ3n) is 2.89. The summed E-state index contributed by atoms with van der Waals surface area (Å²) in [6.07, 6.45) is 0.489. The summed E-state index contributed by atoms with van der Waals surface area (Å²) in [4.78, 5) is 13.8. The first-order valence-electron chi connectivity index (χ1n) is 5.69. The van der Waals surface area contributed by atoms with Gasteiger partial charge in [-0.1, -0.05) is 18.3 Å². The van der Waals surface area contributed by atoms with E-state index in [-0.39, 0.29) is 5.91 Å². The highest BCUT2D eigenvalue weighted by Gasteiger charge is 2.18. The number of hydrogen-bond acceptors (Lipinski definition) is 3. The Morgan fingerprint density at radius 2 is 2.22 bits per heavy atom. The first-order valence-corrected chi connectivity index (χ1v) is 6.89. The number of rotatable bonds is 2. The van der Waals surface area contributed by atoms with Crippen molar-refractivity contribution in [3.8, 4) is 0 Å². The van der Waals surface area contributed by atoms with E-state index in [0.29, 0.717) is 24.5 Å². The Balaban J connectivity index is 2.35. The van der Waals surface area contributed by atoms with E-state index >= 15 is 0 Å². The predicted molar refractivity (Wildman–Crippen MR) is 79.9 cm³/mol. The summed E-state index contributed by atoms with van der Waals surface area (Å²) in [7, 11) is 0. The fourth-order valence-electron chi connectivity index (χ4n) is 2.03. The van der Waals surface area contributed by atoms with Gasteiger partial charge in [-0.15, -0.1) is 0 Å². The van der Waals surface area contributed by atoms with Crippen LogP contribution in [-0.2, 0) is 4.79 Å². The van der Waals surface area contributed by atoms with Crippen molar-refractivity contribution in [3.63, 3.8) is 0 Å². The number of thiocarbonyl (C=S) groups is 1. The standard InChI is InChI=1S/C12H14BrN3OS/c13-8-2-1-3-9(11(8)12(14)18)16-6-4-10(17)15-5-7-16/h1-3H,4-7H2,(H2,14,18)(H,15,17). The van der Waals surface area contributed by atoms with Crippen LogP contribution in [0.25, 0.3) is 0 Å². The van der Waals surface area contributed by atoms with E-state index in [1.807, 2.05) is 18.2 Å². The van der Waals surface area contributed by atoms with Gasteiger partial charge in [0.15, 0.2) is 0 Å². The second-order valence-corrected chi connectivity index (χ2v) is 5.38. The molecule has 0 spiro atoms. The molecule has 1 saturated heterocycles. The minimum atomic E-state index is 0.0874. The van der Waals surface area contributed by atoms with E-state index in [1.54, 1.807) is 0 Å². The van der Waals surface area contributed by atoms with Crippen LogP contribution in [0, 0.1) is 0 Å². The van der Waals surface area contributed by atoms with Gasteiger partial charge in [-0.25, -0.2) is 0 Å². The van der Waals surface area contributed by atoms with Gasteiger partial charge in [-0.3, -0.25) is 4.79 Å². The molecule has 0 unspecified atom stereocenters. The number of nitrogens with two attached hydrogens (primary N) is 1. The molecule has 0 atom stereocenters. The van der Waals surface area contributed by atoms with Crippen LogP contribution in [0.5, 0.6) is 0 Å². The zero-order chi connectivity index (χ0) is 13.1. The summed E-state index contributed by atoms with van der Waals surface area (Å²) < 4.78 is 0.885. The molecule has 0 bridgehead atoms. The molecule has 96 valence electrons. The molecule has 18 heavy (non-hydrogen) atoms. The van der Waals surface area contributed by atoms with Gasteiger partial charge in [-0.05, 0) is 28.1 Å². The molecule has 1 fully saturated rings. The molecule has 1 heterocycles. The number of carbonyl (C=O) groups is 1. The van der Waals surface area contributed by atoms with E-state index in [4.69, 9.17) is 18.0 Å². The minimum Gasteiger partial charge on any atom is -0.389 e. The number of carbonyl (C=O) groups excluding carboxylic acids is 1. The van der Waals surface area contributed by atoms with Crippen LogP contribution in [-0.4, -0.2) is 30.5 Å². The predicted octanol–water partition coefficient (Wildman–Crippen LogP) is 1.41. The van der Waals surface area contributed by atoms with Crippen LogP contribution < -0.4 is 16.0 Å². The number of amides is 1. The summed E-state index contributed by atoms with van der Waals surface area (Å²) in [5.41, 5.74) is 7.60. The fourth-order valence-corrected chi connectivity index (χ4v) is 2.94. The maximum atomic E-state index is 11.3. The smallest absolute Gasteiger partial charge is 0.221 e.